The van der Waals surface area contributed by atoms with E-state index in [4.69, 9.17) is 10.5 Å². The van der Waals surface area contributed by atoms with Gasteiger partial charge in [-0.2, -0.15) is 0 Å². The van der Waals surface area contributed by atoms with Gasteiger partial charge in [-0.05, 0) is 19.4 Å². The Balaban J connectivity index is 0.00000191. The molecule has 0 radical (unpaired) electrons. The fraction of sp³-hybridized carbons (Fsp3) is 1.00. The molecule has 0 saturated carbocycles. The molecule has 0 aliphatic carbocycles. The van der Waals surface area contributed by atoms with Crippen LogP contribution in [0, 0.1) is 0 Å². The Morgan fingerprint density at radius 1 is 0.810 bits per heavy atom. The van der Waals surface area contributed by atoms with E-state index in [9.17, 15) is 0 Å². The lowest BCUT2D eigenvalue weighted by molar-refractivity contribution is 0.0220. The molecule has 128 valence electrons. The molecular formula is C16H38N4O. The van der Waals surface area contributed by atoms with Gasteiger partial charge >= 0.3 is 0 Å². The highest BCUT2D eigenvalue weighted by molar-refractivity contribution is 4.66. The summed E-state index contributed by atoms with van der Waals surface area (Å²) in [6.45, 7) is 3.85. The van der Waals surface area contributed by atoms with Crippen molar-refractivity contribution in [2.75, 3.05) is 26.2 Å². The second-order valence-electron chi connectivity index (χ2n) is 5.81. The quantitative estimate of drug-likeness (QED) is 0.251. The van der Waals surface area contributed by atoms with Crippen LogP contribution >= 0.6 is 0 Å². The number of hydrazine groups is 1. The topological polar surface area (TPSA) is 99.3 Å². The van der Waals surface area contributed by atoms with Gasteiger partial charge < -0.3 is 15.8 Å². The van der Waals surface area contributed by atoms with Crippen molar-refractivity contribution in [2.24, 2.45) is 17.4 Å². The van der Waals surface area contributed by atoms with Crippen LogP contribution < -0.4 is 22.7 Å². The molecule has 0 spiro atoms. The van der Waals surface area contributed by atoms with Gasteiger partial charge in [-0.25, -0.2) is 0 Å². The van der Waals surface area contributed by atoms with Crippen molar-refractivity contribution in [3.8, 4) is 0 Å². The first kappa shape index (κ1) is 20.8. The molecule has 5 nitrogen and oxygen atoms in total. The Bertz CT molecular complexity index is 187. The minimum Gasteiger partial charge on any atom is -0.376 e. The molecule has 1 saturated heterocycles. The summed E-state index contributed by atoms with van der Waals surface area (Å²) >= 11 is 0. The van der Waals surface area contributed by atoms with Crippen LogP contribution in [-0.4, -0.2) is 32.3 Å². The zero-order valence-corrected chi connectivity index (χ0v) is 13.8. The number of nitrogens with two attached hydrogens (primary N) is 3. The van der Waals surface area contributed by atoms with E-state index >= 15 is 0 Å². The molecule has 1 heterocycles. The fourth-order valence-corrected chi connectivity index (χ4v) is 2.74. The molecule has 21 heavy (non-hydrogen) atoms. The first-order valence-electron chi connectivity index (χ1n) is 8.79. The summed E-state index contributed by atoms with van der Waals surface area (Å²) in [7, 11) is 0. The van der Waals surface area contributed by atoms with E-state index in [0.717, 1.165) is 26.2 Å². The molecule has 1 atom stereocenters. The largest absolute Gasteiger partial charge is 0.376 e. The predicted molar refractivity (Wildman–Crippen MR) is 90.8 cm³/mol. The molecule has 1 aliphatic rings. The van der Waals surface area contributed by atoms with Crippen LogP contribution in [0.3, 0.4) is 0 Å². The second-order valence-corrected chi connectivity index (χ2v) is 5.81. The van der Waals surface area contributed by atoms with Crippen LogP contribution in [0.25, 0.3) is 0 Å². The maximum atomic E-state index is 5.70. The Morgan fingerprint density at radius 2 is 1.33 bits per heavy atom. The number of nitrogens with one attached hydrogen (secondary N) is 1. The van der Waals surface area contributed by atoms with Crippen LogP contribution in [0.1, 0.15) is 70.6 Å². The van der Waals surface area contributed by atoms with E-state index in [1.807, 2.05) is 0 Å². The Kier molecular flexibility index (Phi) is 17.7. The zero-order valence-electron chi connectivity index (χ0n) is 13.8. The van der Waals surface area contributed by atoms with Crippen molar-refractivity contribution in [2.45, 2.75) is 76.7 Å². The van der Waals surface area contributed by atoms with Gasteiger partial charge in [-0.15, -0.1) is 0 Å². The van der Waals surface area contributed by atoms with Crippen LogP contribution in [0.15, 0.2) is 0 Å². The summed E-state index contributed by atoms with van der Waals surface area (Å²) in [5.41, 5.74) is 5.48. The molecule has 7 N–H and O–H groups in total. The molecule has 0 bridgehead atoms. The maximum absolute atomic E-state index is 5.70. The van der Waals surface area contributed by atoms with Crippen molar-refractivity contribution in [1.29, 1.82) is 0 Å². The lowest BCUT2D eigenvalue weighted by atomic mass is 10.0. The molecular weight excluding hydrogens is 264 g/mol. The molecule has 0 aromatic carbocycles. The Labute approximate surface area is 131 Å². The maximum Gasteiger partial charge on any atom is 0.0700 e. The monoisotopic (exact) mass is 302 g/mol. The zero-order chi connectivity index (χ0) is 15.6. The van der Waals surface area contributed by atoms with E-state index in [1.165, 1.54) is 70.6 Å². The van der Waals surface area contributed by atoms with Crippen LogP contribution in [0.4, 0.5) is 0 Å². The minimum absolute atomic E-state index is 0.483. The second kappa shape index (κ2) is 17.9. The highest BCUT2D eigenvalue weighted by Gasteiger charge is 2.11. The number of ether oxygens (including phenoxy) is 1. The number of morpholine rings is 1. The number of hydrogen-bond acceptors (Lipinski definition) is 5. The van der Waals surface area contributed by atoms with Crippen LogP contribution in [0.5, 0.6) is 0 Å². The summed E-state index contributed by atoms with van der Waals surface area (Å²) in [5, 5.41) is 3.39. The summed E-state index contributed by atoms with van der Waals surface area (Å²) in [6.07, 6.45) is 15.4. The van der Waals surface area contributed by atoms with Crippen molar-refractivity contribution in [3.05, 3.63) is 0 Å². The summed E-state index contributed by atoms with van der Waals surface area (Å²) in [4.78, 5) is 0. The van der Waals surface area contributed by atoms with Gasteiger partial charge in [0.25, 0.3) is 0 Å². The molecule has 0 aromatic heterocycles. The lowest BCUT2D eigenvalue weighted by Gasteiger charge is -2.23. The lowest BCUT2D eigenvalue weighted by Crippen LogP contribution is -2.38. The first-order valence-corrected chi connectivity index (χ1v) is 8.79. The normalized spacial score (nSPS) is 18.1. The third kappa shape index (κ3) is 14.5. The van der Waals surface area contributed by atoms with Gasteiger partial charge in [-0.3, -0.25) is 11.7 Å². The first-order chi connectivity index (χ1) is 10.4. The molecule has 0 amide bonds. The van der Waals surface area contributed by atoms with Gasteiger partial charge in [0.2, 0.25) is 0 Å². The number of unbranched alkanes of at least 4 members (excludes halogenated alkanes) is 9. The van der Waals surface area contributed by atoms with E-state index in [2.05, 4.69) is 17.0 Å². The average molecular weight is 303 g/mol. The van der Waals surface area contributed by atoms with Crippen molar-refractivity contribution in [3.63, 3.8) is 0 Å². The van der Waals surface area contributed by atoms with E-state index in [-0.39, 0.29) is 0 Å². The highest BCUT2D eigenvalue weighted by atomic mass is 16.5. The standard InChI is InChI=1S/C16H34N2O.H4N2/c17-12-10-8-6-4-2-1-3-5-7-9-11-16-15-18-13-14-19-16;1-2/h16,18H,1-15,17H2;1-2H2. The summed E-state index contributed by atoms with van der Waals surface area (Å²) in [6, 6.07) is 0. The van der Waals surface area contributed by atoms with Crippen molar-refractivity contribution >= 4 is 0 Å². The number of rotatable bonds is 12. The van der Waals surface area contributed by atoms with Crippen LogP contribution in [0.2, 0.25) is 0 Å². The van der Waals surface area contributed by atoms with Crippen molar-refractivity contribution < 1.29 is 4.74 Å². The SMILES string of the molecule is NCCCCCCCCCCCCC1CNCCO1.NN. The summed E-state index contributed by atoms with van der Waals surface area (Å²) in [5.74, 6) is 8.00. The van der Waals surface area contributed by atoms with E-state index < -0.39 is 0 Å². The molecule has 1 aliphatic heterocycles. The molecule has 1 fully saturated rings. The van der Waals surface area contributed by atoms with Gasteiger partial charge in [0, 0.05) is 13.1 Å². The Morgan fingerprint density at radius 3 is 1.81 bits per heavy atom. The summed E-state index contributed by atoms with van der Waals surface area (Å²) < 4.78 is 5.70. The average Bonchev–Trinajstić information content (AvgIpc) is 2.55. The molecule has 1 unspecified atom stereocenters. The molecule has 5 heteroatoms. The Hall–Kier alpha value is -0.200. The fourth-order valence-electron chi connectivity index (χ4n) is 2.74. The van der Waals surface area contributed by atoms with Gasteiger partial charge in [-0.1, -0.05) is 57.8 Å². The highest BCUT2D eigenvalue weighted by Crippen LogP contribution is 2.13. The van der Waals surface area contributed by atoms with Gasteiger partial charge in [0.1, 0.15) is 0 Å². The van der Waals surface area contributed by atoms with E-state index in [0.29, 0.717) is 6.10 Å². The van der Waals surface area contributed by atoms with Gasteiger partial charge in [0.05, 0.1) is 12.7 Å². The van der Waals surface area contributed by atoms with E-state index in [1.54, 1.807) is 0 Å². The van der Waals surface area contributed by atoms with Crippen molar-refractivity contribution in [1.82, 2.24) is 5.32 Å². The number of hydrogen-bond donors (Lipinski definition) is 4. The predicted octanol–water partition coefficient (Wildman–Crippen LogP) is 2.04. The van der Waals surface area contributed by atoms with Crippen LogP contribution in [-0.2, 0) is 4.74 Å². The van der Waals surface area contributed by atoms with Gasteiger partial charge in [0.15, 0.2) is 0 Å². The molecule has 1 rings (SSSR count). The smallest absolute Gasteiger partial charge is 0.0700 e. The minimum atomic E-state index is 0.483. The molecule has 0 aromatic rings. The third-order valence-electron chi connectivity index (χ3n) is 3.98. The third-order valence-corrected chi connectivity index (χ3v) is 3.98.